The number of carboxylic acid groups (broad SMARTS) is 1. The van der Waals surface area contributed by atoms with Crippen LogP contribution in [-0.2, 0) is 11.2 Å². The van der Waals surface area contributed by atoms with Crippen molar-refractivity contribution in [3.8, 4) is 5.75 Å². The van der Waals surface area contributed by atoms with E-state index in [-0.39, 0.29) is 18.3 Å². The third-order valence-electron chi connectivity index (χ3n) is 6.91. The first-order valence-corrected chi connectivity index (χ1v) is 12.0. The third kappa shape index (κ3) is 4.82. The lowest BCUT2D eigenvalue weighted by Gasteiger charge is -2.36. The second-order valence-corrected chi connectivity index (χ2v) is 9.27. The second-order valence-electron chi connectivity index (χ2n) is 9.27. The van der Waals surface area contributed by atoms with E-state index in [4.69, 9.17) is 4.42 Å². The molecular weight excluding hydrogens is 446 g/mol. The van der Waals surface area contributed by atoms with Crippen molar-refractivity contribution in [2.45, 2.75) is 56.8 Å². The van der Waals surface area contributed by atoms with Gasteiger partial charge in [-0.2, -0.15) is 0 Å². The van der Waals surface area contributed by atoms with Gasteiger partial charge in [0.2, 0.25) is 0 Å². The van der Waals surface area contributed by atoms with Gasteiger partial charge in [-0.25, -0.2) is 4.79 Å². The number of carbonyl (C=O) groups is 2. The van der Waals surface area contributed by atoms with Gasteiger partial charge in [-0.15, -0.1) is 0 Å². The summed E-state index contributed by atoms with van der Waals surface area (Å²) >= 11 is 0. The summed E-state index contributed by atoms with van der Waals surface area (Å²) in [6, 6.07) is 13.0. The number of aliphatic carboxylic acids is 1. The number of phenolic OH excluding ortho intramolecular Hbond substituents is 1. The molecule has 2 aliphatic rings. The maximum absolute atomic E-state index is 13.0. The summed E-state index contributed by atoms with van der Waals surface area (Å²) in [5.74, 6) is -1.46. The molecule has 1 saturated carbocycles. The number of nitrogens with one attached hydrogen (secondary N) is 2. The summed E-state index contributed by atoms with van der Waals surface area (Å²) in [6.45, 7) is 0. The van der Waals surface area contributed by atoms with Gasteiger partial charge in [0.25, 0.3) is 5.91 Å². The van der Waals surface area contributed by atoms with E-state index in [0.29, 0.717) is 17.2 Å². The number of benzene rings is 2. The molecule has 2 unspecified atom stereocenters. The lowest BCUT2D eigenvalue weighted by atomic mass is 9.93. The van der Waals surface area contributed by atoms with Crippen LogP contribution in [0.4, 0.5) is 11.4 Å². The Hall–Kier alpha value is -3.94. The summed E-state index contributed by atoms with van der Waals surface area (Å²) in [4.78, 5) is 27.2. The molecule has 1 aliphatic heterocycles. The molecule has 8 heteroatoms. The Morgan fingerprint density at radius 1 is 1.09 bits per heavy atom. The van der Waals surface area contributed by atoms with Crippen LogP contribution in [0.1, 0.15) is 59.8 Å². The molecule has 0 saturated heterocycles. The Kier molecular flexibility index (Phi) is 6.35. The number of fused-ring (bicyclic) bond motifs is 1. The normalized spacial score (nSPS) is 18.5. The maximum Gasteiger partial charge on any atom is 0.326 e. The smallest absolute Gasteiger partial charge is 0.326 e. The van der Waals surface area contributed by atoms with E-state index < -0.39 is 17.9 Å². The van der Waals surface area contributed by atoms with E-state index in [0.717, 1.165) is 29.8 Å². The van der Waals surface area contributed by atoms with E-state index >= 15 is 0 Å². The van der Waals surface area contributed by atoms with Gasteiger partial charge in [0.1, 0.15) is 18.0 Å². The topological polar surface area (TPSA) is 115 Å². The van der Waals surface area contributed by atoms with Crippen molar-refractivity contribution in [3.05, 3.63) is 77.7 Å². The number of amides is 1. The molecule has 2 aromatic carbocycles. The van der Waals surface area contributed by atoms with E-state index in [2.05, 4.69) is 15.5 Å². The number of aromatic hydroxyl groups is 1. The van der Waals surface area contributed by atoms with Crippen LogP contribution in [0.2, 0.25) is 0 Å². The van der Waals surface area contributed by atoms with Crippen LogP contribution in [0.3, 0.4) is 0 Å². The van der Waals surface area contributed by atoms with Crippen molar-refractivity contribution >= 4 is 23.3 Å². The molecule has 0 radical (unpaired) electrons. The Balaban J connectivity index is 1.36. The Labute approximate surface area is 203 Å². The van der Waals surface area contributed by atoms with Crippen LogP contribution < -0.4 is 15.5 Å². The number of furan rings is 1. The van der Waals surface area contributed by atoms with Gasteiger partial charge in [0.05, 0.1) is 23.9 Å². The number of anilines is 2. The first-order chi connectivity index (χ1) is 17.0. The molecule has 35 heavy (non-hydrogen) atoms. The Morgan fingerprint density at radius 3 is 2.54 bits per heavy atom. The molecule has 2 heterocycles. The quantitative estimate of drug-likeness (QED) is 0.392. The molecule has 2 atom stereocenters. The van der Waals surface area contributed by atoms with Crippen LogP contribution in [0.25, 0.3) is 0 Å². The van der Waals surface area contributed by atoms with Gasteiger partial charge < -0.3 is 30.2 Å². The molecule has 0 bridgehead atoms. The molecule has 0 spiro atoms. The minimum absolute atomic E-state index is 0.0774. The standard InChI is InChI=1S/C27H29N3O5/c31-21-9-6-17(7-10-21)14-23(27(33)34)29-26(32)18-8-11-24-22(15-18)28-25(19-12-13-35-16-19)30(24)20-4-2-1-3-5-20/h6-13,15-16,20,23,25,28,31H,1-5,14H2,(H,29,32)(H,33,34). The predicted molar refractivity (Wildman–Crippen MR) is 132 cm³/mol. The number of phenols is 1. The molecule has 1 aromatic heterocycles. The second kappa shape index (κ2) is 9.74. The number of carboxylic acids is 1. The molecule has 1 fully saturated rings. The highest BCUT2D eigenvalue weighted by molar-refractivity contribution is 5.99. The first-order valence-electron chi connectivity index (χ1n) is 12.0. The number of nitrogens with zero attached hydrogens (tertiary/aromatic N) is 1. The van der Waals surface area contributed by atoms with Crippen molar-refractivity contribution in [2.75, 3.05) is 10.2 Å². The van der Waals surface area contributed by atoms with Crippen molar-refractivity contribution in [1.82, 2.24) is 5.32 Å². The molecule has 1 amide bonds. The summed E-state index contributed by atoms with van der Waals surface area (Å²) in [6.07, 6.45) is 9.35. The molecule has 3 aromatic rings. The molecular formula is C27H29N3O5. The van der Waals surface area contributed by atoms with Crippen LogP contribution in [0.15, 0.2) is 65.5 Å². The Morgan fingerprint density at radius 2 is 1.86 bits per heavy atom. The van der Waals surface area contributed by atoms with Crippen LogP contribution >= 0.6 is 0 Å². The number of hydrogen-bond donors (Lipinski definition) is 4. The van der Waals surface area contributed by atoms with Crippen molar-refractivity contribution in [1.29, 1.82) is 0 Å². The average Bonchev–Trinajstić information content (AvgIpc) is 3.53. The van der Waals surface area contributed by atoms with E-state index in [1.165, 1.54) is 31.4 Å². The fourth-order valence-electron chi connectivity index (χ4n) is 5.12. The number of carbonyl (C=O) groups excluding carboxylic acids is 1. The highest BCUT2D eigenvalue weighted by atomic mass is 16.4. The monoisotopic (exact) mass is 475 g/mol. The maximum atomic E-state index is 13.0. The minimum Gasteiger partial charge on any atom is -0.508 e. The van der Waals surface area contributed by atoms with Gasteiger partial charge in [-0.1, -0.05) is 31.4 Å². The van der Waals surface area contributed by atoms with Gasteiger partial charge in [0, 0.05) is 23.6 Å². The summed E-state index contributed by atoms with van der Waals surface area (Å²) < 4.78 is 5.34. The largest absolute Gasteiger partial charge is 0.508 e. The van der Waals surface area contributed by atoms with Crippen LogP contribution in [-0.4, -0.2) is 34.2 Å². The minimum atomic E-state index is -1.12. The van der Waals surface area contributed by atoms with Crippen LogP contribution in [0, 0.1) is 0 Å². The SMILES string of the molecule is O=C(NC(Cc1ccc(O)cc1)C(=O)O)c1ccc2c(c1)NC(c1ccoc1)N2C1CCCCC1. The molecule has 1 aliphatic carbocycles. The first kappa shape index (κ1) is 22.8. The lowest BCUT2D eigenvalue weighted by molar-refractivity contribution is -0.139. The summed E-state index contributed by atoms with van der Waals surface area (Å²) in [5.41, 5.74) is 4.01. The van der Waals surface area contributed by atoms with Crippen molar-refractivity contribution in [2.24, 2.45) is 0 Å². The molecule has 182 valence electrons. The summed E-state index contributed by atoms with van der Waals surface area (Å²) in [5, 5.41) is 25.3. The van der Waals surface area contributed by atoms with Crippen molar-refractivity contribution < 1.29 is 24.2 Å². The Bertz CT molecular complexity index is 1190. The van der Waals surface area contributed by atoms with E-state index in [1.807, 2.05) is 12.1 Å². The summed E-state index contributed by atoms with van der Waals surface area (Å²) in [7, 11) is 0. The number of hydrogen-bond acceptors (Lipinski definition) is 6. The lowest BCUT2D eigenvalue weighted by Crippen LogP contribution is -2.42. The van der Waals surface area contributed by atoms with Gasteiger partial charge in [-0.05, 0) is 54.8 Å². The molecule has 8 nitrogen and oxygen atoms in total. The van der Waals surface area contributed by atoms with E-state index in [1.54, 1.807) is 36.8 Å². The van der Waals surface area contributed by atoms with Gasteiger partial charge >= 0.3 is 5.97 Å². The highest BCUT2D eigenvalue weighted by Crippen LogP contribution is 2.45. The highest BCUT2D eigenvalue weighted by Gasteiger charge is 2.36. The number of rotatable bonds is 7. The molecule has 4 N–H and O–H groups in total. The zero-order chi connectivity index (χ0) is 24.4. The fourth-order valence-corrected chi connectivity index (χ4v) is 5.12. The average molecular weight is 476 g/mol. The predicted octanol–water partition coefficient (Wildman–Crippen LogP) is 4.67. The third-order valence-corrected chi connectivity index (χ3v) is 6.91. The zero-order valence-electron chi connectivity index (χ0n) is 19.3. The fraction of sp³-hybridized carbons (Fsp3) is 0.333. The van der Waals surface area contributed by atoms with Gasteiger partial charge in [0.15, 0.2) is 0 Å². The van der Waals surface area contributed by atoms with E-state index in [9.17, 15) is 19.8 Å². The zero-order valence-corrected chi connectivity index (χ0v) is 19.3. The van der Waals surface area contributed by atoms with Gasteiger partial charge in [-0.3, -0.25) is 4.79 Å². The van der Waals surface area contributed by atoms with Crippen LogP contribution in [0.5, 0.6) is 5.75 Å². The van der Waals surface area contributed by atoms with Crippen molar-refractivity contribution in [3.63, 3.8) is 0 Å². The molecule has 5 rings (SSSR count).